The van der Waals surface area contributed by atoms with Crippen LogP contribution in [-0.4, -0.2) is 21.6 Å². The Kier molecular flexibility index (Phi) is 4.90. The molecule has 126 valence electrons. The lowest BCUT2D eigenvalue weighted by Crippen LogP contribution is -2.41. The monoisotopic (exact) mass is 402 g/mol. The molecule has 0 radical (unpaired) electrons. The molecule has 1 heterocycles. The summed E-state index contributed by atoms with van der Waals surface area (Å²) >= 11 is 3.28. The largest absolute Gasteiger partial charge is 0.290 e. The van der Waals surface area contributed by atoms with E-state index in [1.165, 1.54) is 23.0 Å². The molecule has 0 fully saturated rings. The lowest BCUT2D eigenvalue weighted by molar-refractivity contribution is 0.0843. The van der Waals surface area contributed by atoms with E-state index in [0.29, 0.717) is 5.56 Å². The number of hydrogen-bond acceptors (Lipinski definition) is 3. The average molecular weight is 403 g/mol. The summed E-state index contributed by atoms with van der Waals surface area (Å²) in [6, 6.07) is 14.1. The molecular formula is C17H12BrFN4O2. The molecule has 8 heteroatoms. The molecule has 2 aromatic carbocycles. The van der Waals surface area contributed by atoms with Gasteiger partial charge in [-0.1, -0.05) is 28.1 Å². The number of para-hydroxylation sites is 1. The minimum atomic E-state index is -0.611. The summed E-state index contributed by atoms with van der Waals surface area (Å²) in [5.74, 6) is -1.53. The maximum Gasteiger partial charge on any atom is 0.290 e. The van der Waals surface area contributed by atoms with Gasteiger partial charge in [0.1, 0.15) is 11.5 Å². The average Bonchev–Trinajstić information content (AvgIpc) is 3.10. The van der Waals surface area contributed by atoms with Gasteiger partial charge in [-0.15, -0.1) is 0 Å². The first-order valence-electron chi connectivity index (χ1n) is 7.21. The maximum atomic E-state index is 13.7. The Labute approximate surface area is 150 Å². The Bertz CT molecular complexity index is 924. The number of nitrogens with zero attached hydrogens (tertiary/aromatic N) is 2. The number of benzene rings is 2. The molecule has 2 amide bonds. The fourth-order valence-electron chi connectivity index (χ4n) is 2.07. The minimum Gasteiger partial charge on any atom is -0.267 e. The highest BCUT2D eigenvalue weighted by Crippen LogP contribution is 2.12. The van der Waals surface area contributed by atoms with Gasteiger partial charge in [0.2, 0.25) is 0 Å². The van der Waals surface area contributed by atoms with Crippen LogP contribution in [0.15, 0.2) is 65.3 Å². The maximum absolute atomic E-state index is 13.7. The van der Waals surface area contributed by atoms with Crippen LogP contribution in [0.3, 0.4) is 0 Å². The number of hydrazine groups is 1. The fraction of sp³-hybridized carbons (Fsp3) is 0. The number of carbonyl (C=O) groups excluding carboxylic acids is 2. The van der Waals surface area contributed by atoms with E-state index in [1.54, 1.807) is 42.5 Å². The molecular weight excluding hydrogens is 391 g/mol. The van der Waals surface area contributed by atoms with E-state index in [1.807, 2.05) is 0 Å². The van der Waals surface area contributed by atoms with Crippen molar-refractivity contribution in [1.82, 2.24) is 20.6 Å². The lowest BCUT2D eigenvalue weighted by atomic mass is 10.2. The number of aromatic nitrogens is 2. The predicted molar refractivity (Wildman–Crippen MR) is 92.6 cm³/mol. The molecule has 2 N–H and O–H groups in total. The number of rotatable bonds is 3. The van der Waals surface area contributed by atoms with Crippen LogP contribution in [0.4, 0.5) is 4.39 Å². The van der Waals surface area contributed by atoms with Crippen molar-refractivity contribution in [3.8, 4) is 5.69 Å². The van der Waals surface area contributed by atoms with Gasteiger partial charge in [-0.25, -0.2) is 9.07 Å². The second-order valence-electron chi connectivity index (χ2n) is 5.01. The second-order valence-corrected chi connectivity index (χ2v) is 5.93. The molecule has 0 saturated heterocycles. The van der Waals surface area contributed by atoms with Crippen LogP contribution in [0.25, 0.3) is 5.69 Å². The molecule has 0 aliphatic rings. The van der Waals surface area contributed by atoms with E-state index in [0.717, 1.165) is 4.47 Å². The van der Waals surface area contributed by atoms with Gasteiger partial charge in [0, 0.05) is 16.2 Å². The highest BCUT2D eigenvalue weighted by Gasteiger charge is 2.13. The van der Waals surface area contributed by atoms with Crippen molar-refractivity contribution >= 4 is 27.7 Å². The third-order valence-corrected chi connectivity index (χ3v) is 3.85. The van der Waals surface area contributed by atoms with E-state index < -0.39 is 17.6 Å². The predicted octanol–water partition coefficient (Wildman–Crippen LogP) is 2.85. The smallest absolute Gasteiger partial charge is 0.267 e. The number of carbonyl (C=O) groups is 2. The first-order chi connectivity index (χ1) is 12.0. The van der Waals surface area contributed by atoms with Gasteiger partial charge >= 0.3 is 0 Å². The molecule has 0 spiro atoms. The summed E-state index contributed by atoms with van der Waals surface area (Å²) in [4.78, 5) is 24.0. The summed E-state index contributed by atoms with van der Waals surface area (Å²) in [6.45, 7) is 0. The molecule has 0 bridgehead atoms. The zero-order valence-electron chi connectivity index (χ0n) is 12.7. The molecule has 0 aliphatic heterocycles. The summed E-state index contributed by atoms with van der Waals surface area (Å²) in [6.07, 6.45) is 1.46. The summed E-state index contributed by atoms with van der Waals surface area (Å²) in [5, 5.41) is 4.01. The Balaban J connectivity index is 1.65. The van der Waals surface area contributed by atoms with Crippen molar-refractivity contribution in [2.75, 3.05) is 0 Å². The van der Waals surface area contributed by atoms with Crippen molar-refractivity contribution in [3.63, 3.8) is 0 Å². The Morgan fingerprint density at radius 1 is 0.960 bits per heavy atom. The van der Waals surface area contributed by atoms with E-state index in [2.05, 4.69) is 31.9 Å². The van der Waals surface area contributed by atoms with Crippen LogP contribution in [0.1, 0.15) is 20.8 Å². The van der Waals surface area contributed by atoms with Gasteiger partial charge in [0.05, 0.1) is 0 Å². The Hall–Kier alpha value is -3.00. The molecule has 0 unspecified atom stereocenters. The molecule has 0 atom stereocenters. The van der Waals surface area contributed by atoms with Crippen molar-refractivity contribution in [3.05, 3.63) is 82.3 Å². The zero-order chi connectivity index (χ0) is 17.8. The molecule has 25 heavy (non-hydrogen) atoms. The van der Waals surface area contributed by atoms with Gasteiger partial charge in [-0.2, -0.15) is 5.10 Å². The van der Waals surface area contributed by atoms with E-state index in [4.69, 9.17) is 0 Å². The number of hydrogen-bond donors (Lipinski definition) is 2. The topological polar surface area (TPSA) is 76.0 Å². The SMILES string of the molecule is O=C(NNC(=O)c1ccn(-c2ccccc2F)n1)c1ccc(Br)cc1. The Morgan fingerprint density at radius 2 is 1.64 bits per heavy atom. The van der Waals surface area contributed by atoms with Crippen LogP contribution in [0, 0.1) is 5.82 Å². The van der Waals surface area contributed by atoms with E-state index in [9.17, 15) is 14.0 Å². The third-order valence-electron chi connectivity index (χ3n) is 3.32. The number of nitrogens with one attached hydrogen (secondary N) is 2. The normalized spacial score (nSPS) is 10.3. The molecule has 0 saturated carbocycles. The van der Waals surface area contributed by atoms with Gasteiger partial charge in [-0.3, -0.25) is 20.4 Å². The van der Waals surface area contributed by atoms with Crippen LogP contribution >= 0.6 is 15.9 Å². The number of amides is 2. The summed E-state index contributed by atoms with van der Waals surface area (Å²) in [5.41, 5.74) is 5.22. The van der Waals surface area contributed by atoms with Crippen molar-refractivity contribution in [2.45, 2.75) is 0 Å². The van der Waals surface area contributed by atoms with Crippen molar-refractivity contribution in [1.29, 1.82) is 0 Å². The zero-order valence-corrected chi connectivity index (χ0v) is 14.3. The number of halogens is 2. The van der Waals surface area contributed by atoms with Crippen molar-refractivity contribution in [2.24, 2.45) is 0 Å². The molecule has 3 aromatic rings. The first kappa shape index (κ1) is 16.8. The van der Waals surface area contributed by atoms with Gasteiger partial charge in [0.25, 0.3) is 11.8 Å². The van der Waals surface area contributed by atoms with Crippen molar-refractivity contribution < 1.29 is 14.0 Å². The third kappa shape index (κ3) is 3.92. The summed E-state index contributed by atoms with van der Waals surface area (Å²) in [7, 11) is 0. The van der Waals surface area contributed by atoms with Crippen LogP contribution in [0.5, 0.6) is 0 Å². The quantitative estimate of drug-likeness (QED) is 0.661. The standard InChI is InChI=1S/C17H12BrFN4O2/c18-12-7-5-11(6-8-12)16(24)20-21-17(25)14-9-10-23(22-14)15-4-2-1-3-13(15)19/h1-10H,(H,20,24)(H,21,25). The van der Waals surface area contributed by atoms with E-state index >= 15 is 0 Å². The molecule has 6 nitrogen and oxygen atoms in total. The second kappa shape index (κ2) is 7.27. The Morgan fingerprint density at radius 3 is 2.36 bits per heavy atom. The molecule has 1 aromatic heterocycles. The van der Waals surface area contributed by atoms with Crippen LogP contribution < -0.4 is 10.9 Å². The van der Waals surface area contributed by atoms with Crippen LogP contribution in [-0.2, 0) is 0 Å². The summed E-state index contributed by atoms with van der Waals surface area (Å²) < 4.78 is 15.8. The molecule has 0 aliphatic carbocycles. The minimum absolute atomic E-state index is 0.0411. The van der Waals surface area contributed by atoms with Gasteiger partial charge in [0.15, 0.2) is 5.69 Å². The van der Waals surface area contributed by atoms with Gasteiger partial charge in [-0.05, 0) is 42.5 Å². The first-order valence-corrected chi connectivity index (χ1v) is 8.01. The van der Waals surface area contributed by atoms with Crippen LogP contribution in [0.2, 0.25) is 0 Å². The fourth-order valence-corrected chi connectivity index (χ4v) is 2.33. The highest BCUT2D eigenvalue weighted by molar-refractivity contribution is 9.10. The van der Waals surface area contributed by atoms with E-state index in [-0.39, 0.29) is 11.4 Å². The lowest BCUT2D eigenvalue weighted by Gasteiger charge is -2.06. The van der Waals surface area contributed by atoms with Gasteiger partial charge < -0.3 is 0 Å². The molecule has 3 rings (SSSR count). The highest BCUT2D eigenvalue weighted by atomic mass is 79.9.